The Balaban J connectivity index is 2.44. The molecule has 0 aromatic carbocycles. The van der Waals surface area contributed by atoms with Gasteiger partial charge in [0.2, 0.25) is 5.84 Å². The third-order valence-corrected chi connectivity index (χ3v) is 2.97. The van der Waals surface area contributed by atoms with E-state index in [1.165, 1.54) is 28.7 Å². The molecule has 8 nitrogen and oxygen atoms in total. The minimum absolute atomic E-state index is 0.0713. The first-order chi connectivity index (χ1) is 10.6. The molecule has 0 aliphatic rings. The molecule has 0 saturated heterocycles. The van der Waals surface area contributed by atoms with E-state index in [-0.39, 0.29) is 12.2 Å². The second kappa shape index (κ2) is 7.64. The zero-order valence-corrected chi connectivity index (χ0v) is 13.7. The maximum absolute atomic E-state index is 5.37. The lowest BCUT2D eigenvalue weighted by molar-refractivity contribution is 0.0825. The summed E-state index contributed by atoms with van der Waals surface area (Å²) in [4.78, 5) is 18.9. The second-order valence-corrected chi connectivity index (χ2v) is 5.73. The average molecular weight is 322 g/mol. The lowest BCUT2D eigenvalue weighted by atomic mass is 10.3. The van der Waals surface area contributed by atoms with Crippen LogP contribution in [-0.4, -0.2) is 43.5 Å². The highest BCUT2D eigenvalue weighted by atomic mass is 32.1. The average Bonchev–Trinajstić information content (AvgIpc) is 3.14. The Hall–Kier alpha value is -2.29. The van der Waals surface area contributed by atoms with Crippen LogP contribution in [0.25, 0.3) is 0 Å². The Kier molecular flexibility index (Phi) is 5.59. The van der Waals surface area contributed by atoms with Gasteiger partial charge in [0.15, 0.2) is 5.71 Å². The number of oxime groups is 2. The van der Waals surface area contributed by atoms with E-state index in [1.54, 1.807) is 6.20 Å². The Morgan fingerprint density at radius 2 is 1.91 bits per heavy atom. The number of hydrogen-bond donors (Lipinski definition) is 0. The van der Waals surface area contributed by atoms with E-state index in [9.17, 15) is 0 Å². The molecule has 2 aromatic rings. The summed E-state index contributed by atoms with van der Waals surface area (Å²) in [5, 5.41) is 14.9. The highest BCUT2D eigenvalue weighted by Gasteiger charge is 2.20. The van der Waals surface area contributed by atoms with Crippen molar-refractivity contribution >= 4 is 22.9 Å². The van der Waals surface area contributed by atoms with Crippen LogP contribution >= 0.6 is 11.3 Å². The highest BCUT2D eigenvalue weighted by Crippen LogP contribution is 2.10. The van der Waals surface area contributed by atoms with Crippen molar-refractivity contribution in [3.63, 3.8) is 0 Å². The standard InChI is InChI=1S/C13H18N6O2S/c1-9(2)20-17-11(13-15-5-6-22-13)12(18-21-10(3)4)19-8-14-7-16-19/h5-10H,1-4H3. The fourth-order valence-electron chi connectivity index (χ4n) is 1.34. The quantitative estimate of drug-likeness (QED) is 0.462. The van der Waals surface area contributed by atoms with E-state index >= 15 is 0 Å². The molecule has 0 radical (unpaired) electrons. The fraction of sp³-hybridized carbons (Fsp3) is 0.462. The number of aromatic nitrogens is 4. The van der Waals surface area contributed by atoms with Crippen molar-refractivity contribution < 1.29 is 9.68 Å². The van der Waals surface area contributed by atoms with Gasteiger partial charge in [0.25, 0.3) is 0 Å². The minimum Gasteiger partial charge on any atom is -0.392 e. The number of nitrogens with zero attached hydrogens (tertiary/aromatic N) is 6. The molecule has 9 heteroatoms. The monoisotopic (exact) mass is 322 g/mol. The van der Waals surface area contributed by atoms with Gasteiger partial charge in [-0.3, -0.25) is 0 Å². The number of hydrogen-bond acceptors (Lipinski definition) is 8. The van der Waals surface area contributed by atoms with Crippen molar-refractivity contribution in [2.75, 3.05) is 0 Å². The van der Waals surface area contributed by atoms with Gasteiger partial charge in [0, 0.05) is 11.6 Å². The first kappa shape index (κ1) is 16.1. The predicted molar refractivity (Wildman–Crippen MR) is 83.9 cm³/mol. The van der Waals surface area contributed by atoms with E-state index in [0.717, 1.165) is 0 Å². The molecular weight excluding hydrogens is 304 g/mol. The Labute approximate surface area is 132 Å². The molecule has 0 saturated carbocycles. The Morgan fingerprint density at radius 1 is 1.18 bits per heavy atom. The van der Waals surface area contributed by atoms with E-state index in [4.69, 9.17) is 9.68 Å². The molecule has 22 heavy (non-hydrogen) atoms. The van der Waals surface area contributed by atoms with Gasteiger partial charge in [-0.2, -0.15) is 9.78 Å². The van der Waals surface area contributed by atoms with Crippen LogP contribution < -0.4 is 0 Å². The maximum Gasteiger partial charge on any atom is 0.226 e. The van der Waals surface area contributed by atoms with Gasteiger partial charge < -0.3 is 9.68 Å². The van der Waals surface area contributed by atoms with Gasteiger partial charge in [-0.25, -0.2) is 9.97 Å². The number of rotatable bonds is 6. The fourth-order valence-corrected chi connectivity index (χ4v) is 1.95. The van der Waals surface area contributed by atoms with Crippen LogP contribution in [0.4, 0.5) is 0 Å². The summed E-state index contributed by atoms with van der Waals surface area (Å²) >= 11 is 1.42. The van der Waals surface area contributed by atoms with Crippen LogP contribution in [-0.2, 0) is 9.68 Å². The summed E-state index contributed by atoms with van der Waals surface area (Å²) in [6.07, 6.45) is 4.46. The molecule has 0 amide bonds. The SMILES string of the molecule is CC(C)ON=C(C(=NOC(C)C)n1cncn1)c1nccs1. The third kappa shape index (κ3) is 4.35. The highest BCUT2D eigenvalue weighted by molar-refractivity contribution is 7.12. The zero-order valence-electron chi connectivity index (χ0n) is 12.9. The molecule has 2 heterocycles. The summed E-state index contributed by atoms with van der Waals surface area (Å²) in [7, 11) is 0. The summed E-state index contributed by atoms with van der Waals surface area (Å²) in [6.45, 7) is 7.54. The lowest BCUT2D eigenvalue weighted by Gasteiger charge is -2.10. The maximum atomic E-state index is 5.37. The molecule has 0 unspecified atom stereocenters. The van der Waals surface area contributed by atoms with Crippen molar-refractivity contribution in [1.29, 1.82) is 0 Å². The largest absolute Gasteiger partial charge is 0.392 e. The third-order valence-electron chi connectivity index (χ3n) is 2.19. The summed E-state index contributed by atoms with van der Waals surface area (Å²) in [5.41, 5.74) is 0.440. The van der Waals surface area contributed by atoms with Gasteiger partial charge in [0.05, 0.1) is 0 Å². The Morgan fingerprint density at radius 3 is 2.45 bits per heavy atom. The minimum atomic E-state index is -0.0814. The molecule has 0 bridgehead atoms. The summed E-state index contributed by atoms with van der Waals surface area (Å²) in [6, 6.07) is 0. The molecule has 118 valence electrons. The van der Waals surface area contributed by atoms with Crippen molar-refractivity contribution in [2.45, 2.75) is 39.9 Å². The van der Waals surface area contributed by atoms with Crippen LogP contribution in [0.5, 0.6) is 0 Å². The molecular formula is C13H18N6O2S. The van der Waals surface area contributed by atoms with Crippen molar-refractivity contribution in [3.05, 3.63) is 29.2 Å². The van der Waals surface area contributed by atoms with E-state index in [2.05, 4.69) is 25.4 Å². The van der Waals surface area contributed by atoms with Crippen LogP contribution in [0.15, 0.2) is 34.5 Å². The molecule has 0 atom stereocenters. The van der Waals surface area contributed by atoms with Crippen molar-refractivity contribution in [2.24, 2.45) is 10.3 Å². The second-order valence-electron chi connectivity index (χ2n) is 4.84. The van der Waals surface area contributed by atoms with Crippen LogP contribution in [0.2, 0.25) is 0 Å². The van der Waals surface area contributed by atoms with E-state index in [1.807, 2.05) is 33.1 Å². The van der Waals surface area contributed by atoms with Gasteiger partial charge in [0.1, 0.15) is 29.9 Å². The smallest absolute Gasteiger partial charge is 0.226 e. The van der Waals surface area contributed by atoms with E-state index < -0.39 is 0 Å². The van der Waals surface area contributed by atoms with Crippen LogP contribution in [0, 0.1) is 0 Å². The molecule has 0 N–H and O–H groups in total. The molecule has 2 aromatic heterocycles. The summed E-state index contributed by atoms with van der Waals surface area (Å²) < 4.78 is 1.46. The molecule has 0 spiro atoms. The van der Waals surface area contributed by atoms with Crippen molar-refractivity contribution in [3.8, 4) is 0 Å². The number of thiazole rings is 1. The normalized spacial score (nSPS) is 13.0. The van der Waals surface area contributed by atoms with Crippen LogP contribution in [0.1, 0.15) is 32.7 Å². The van der Waals surface area contributed by atoms with Gasteiger partial charge in [-0.05, 0) is 27.7 Å². The first-order valence-electron chi connectivity index (χ1n) is 6.80. The molecule has 0 fully saturated rings. The lowest BCUT2D eigenvalue weighted by Crippen LogP contribution is -2.26. The van der Waals surface area contributed by atoms with Crippen LogP contribution in [0.3, 0.4) is 0 Å². The van der Waals surface area contributed by atoms with Gasteiger partial charge in [-0.1, -0.05) is 10.3 Å². The molecule has 2 rings (SSSR count). The molecule has 0 aliphatic carbocycles. The van der Waals surface area contributed by atoms with Crippen molar-refractivity contribution in [1.82, 2.24) is 19.7 Å². The van der Waals surface area contributed by atoms with Gasteiger partial charge >= 0.3 is 0 Å². The predicted octanol–water partition coefficient (Wildman–Crippen LogP) is 2.15. The van der Waals surface area contributed by atoms with E-state index in [0.29, 0.717) is 16.6 Å². The zero-order chi connectivity index (χ0) is 15.9. The molecule has 0 aliphatic heterocycles. The Bertz CT molecular complexity index is 563. The summed E-state index contributed by atoms with van der Waals surface area (Å²) in [5.74, 6) is 0.363. The van der Waals surface area contributed by atoms with Gasteiger partial charge in [-0.15, -0.1) is 11.3 Å². The first-order valence-corrected chi connectivity index (χ1v) is 7.68. The topological polar surface area (TPSA) is 86.8 Å².